The second kappa shape index (κ2) is 12.9. The number of nitrogens with zero attached hydrogens (tertiary/aromatic N) is 2. The number of thioether (sulfide) groups is 1. The first-order valence-corrected chi connectivity index (χ1v) is 12.1. The van der Waals surface area contributed by atoms with Gasteiger partial charge in [0.05, 0.1) is 10.7 Å². The molecule has 0 heterocycles. The van der Waals surface area contributed by atoms with Crippen LogP contribution in [-0.2, 0) is 21.9 Å². The average molecular weight is 476 g/mol. The number of nitrogens with one attached hydrogen (secondary N) is 1. The summed E-state index contributed by atoms with van der Waals surface area (Å²) in [5.74, 6) is -0.119. The van der Waals surface area contributed by atoms with E-state index in [0.29, 0.717) is 12.2 Å². The molecule has 1 N–H and O–H groups in total. The molecule has 2 aromatic carbocycles. The summed E-state index contributed by atoms with van der Waals surface area (Å²) in [4.78, 5) is 37.9. The molecular weight excluding hydrogens is 445 g/mol. The molecule has 0 saturated carbocycles. The maximum Gasteiger partial charge on any atom is 0.269 e. The Balaban J connectivity index is 2.11. The average Bonchev–Trinajstić information content (AvgIpc) is 2.80. The Morgan fingerprint density at radius 2 is 1.67 bits per heavy atom. The minimum absolute atomic E-state index is 0.00849. The Hall–Kier alpha value is -2.94. The number of rotatable bonds is 12. The Morgan fingerprint density at radius 1 is 1.06 bits per heavy atom. The van der Waals surface area contributed by atoms with Gasteiger partial charge in [0, 0.05) is 30.5 Å². The molecule has 2 rings (SSSR count). The first-order chi connectivity index (χ1) is 15.7. The lowest BCUT2D eigenvalue weighted by Crippen LogP contribution is -2.51. The lowest BCUT2D eigenvalue weighted by Gasteiger charge is -2.31. The van der Waals surface area contributed by atoms with E-state index in [-0.39, 0.29) is 41.7 Å². The van der Waals surface area contributed by atoms with E-state index in [4.69, 9.17) is 0 Å². The highest BCUT2D eigenvalue weighted by atomic mass is 32.2. The normalized spacial score (nSPS) is 12.6. The number of carbonyl (C=O) groups excluding carboxylic acids is 2. The van der Waals surface area contributed by atoms with E-state index in [1.807, 2.05) is 20.8 Å². The van der Waals surface area contributed by atoms with E-state index in [1.165, 1.54) is 36.0 Å². The third-order valence-electron chi connectivity index (χ3n) is 5.29. The smallest absolute Gasteiger partial charge is 0.269 e. The lowest BCUT2D eigenvalue weighted by atomic mass is 10.1. The molecule has 9 heteroatoms. The minimum Gasteiger partial charge on any atom is -0.352 e. The van der Waals surface area contributed by atoms with E-state index in [2.05, 4.69) is 5.32 Å². The molecule has 2 amide bonds. The molecule has 7 nitrogen and oxygen atoms in total. The fourth-order valence-electron chi connectivity index (χ4n) is 3.20. The molecule has 0 saturated heterocycles. The van der Waals surface area contributed by atoms with E-state index in [0.717, 1.165) is 17.5 Å². The molecule has 178 valence electrons. The van der Waals surface area contributed by atoms with Crippen molar-refractivity contribution in [3.05, 3.63) is 75.6 Å². The molecule has 0 spiro atoms. The first-order valence-electron chi connectivity index (χ1n) is 10.9. The Kier molecular flexibility index (Phi) is 10.3. The van der Waals surface area contributed by atoms with Crippen LogP contribution in [0.15, 0.2) is 48.5 Å². The van der Waals surface area contributed by atoms with Crippen molar-refractivity contribution in [2.45, 2.75) is 58.0 Å². The highest BCUT2D eigenvalue weighted by Crippen LogP contribution is 2.19. The minimum atomic E-state index is -0.642. The van der Waals surface area contributed by atoms with Crippen LogP contribution in [0, 0.1) is 15.9 Å². The van der Waals surface area contributed by atoms with Gasteiger partial charge in [-0.15, -0.1) is 11.8 Å². The molecule has 0 aliphatic carbocycles. The van der Waals surface area contributed by atoms with Gasteiger partial charge in [0.1, 0.15) is 11.9 Å². The van der Waals surface area contributed by atoms with E-state index < -0.39 is 11.0 Å². The number of nitro groups is 1. The molecule has 2 aromatic rings. The number of hydrogen-bond donors (Lipinski definition) is 1. The van der Waals surface area contributed by atoms with Crippen molar-refractivity contribution >= 4 is 29.3 Å². The zero-order valence-corrected chi connectivity index (χ0v) is 19.9. The molecule has 0 aliphatic rings. The van der Waals surface area contributed by atoms with Crippen molar-refractivity contribution in [3.63, 3.8) is 0 Å². The molecule has 0 fully saturated rings. The number of nitro benzene ring substituents is 1. The van der Waals surface area contributed by atoms with Gasteiger partial charge in [-0.1, -0.05) is 38.1 Å². The van der Waals surface area contributed by atoms with Gasteiger partial charge in [-0.25, -0.2) is 4.39 Å². The van der Waals surface area contributed by atoms with Crippen molar-refractivity contribution in [1.82, 2.24) is 10.2 Å². The molecule has 0 radical (unpaired) electrons. The van der Waals surface area contributed by atoms with E-state index in [1.54, 1.807) is 29.2 Å². The SMILES string of the molecule is CCC(C)NC(=O)C(CC)N(Cc1ccc(F)cc1)C(=O)CSCc1ccc([N+](=O)[O-])cc1. The largest absolute Gasteiger partial charge is 0.352 e. The second-order valence-corrected chi connectivity index (χ2v) is 8.79. The van der Waals surface area contributed by atoms with Crippen LogP contribution < -0.4 is 5.32 Å². The Bertz CT molecular complexity index is 938. The summed E-state index contributed by atoms with van der Waals surface area (Å²) in [6, 6.07) is 11.4. The van der Waals surface area contributed by atoms with Gasteiger partial charge in [0.15, 0.2) is 0 Å². The quantitative estimate of drug-likeness (QED) is 0.355. The van der Waals surface area contributed by atoms with Crippen molar-refractivity contribution in [2.24, 2.45) is 0 Å². The first kappa shape index (κ1) is 26.3. The predicted octanol–water partition coefficient (Wildman–Crippen LogP) is 4.69. The number of hydrogen-bond acceptors (Lipinski definition) is 5. The number of carbonyl (C=O) groups is 2. The molecule has 2 atom stereocenters. The monoisotopic (exact) mass is 475 g/mol. The summed E-state index contributed by atoms with van der Waals surface area (Å²) in [7, 11) is 0. The summed E-state index contributed by atoms with van der Waals surface area (Å²) in [6.07, 6.45) is 1.22. The van der Waals surface area contributed by atoms with E-state index >= 15 is 0 Å². The lowest BCUT2D eigenvalue weighted by molar-refractivity contribution is -0.384. The number of amides is 2. The van der Waals surface area contributed by atoms with Gasteiger partial charge in [-0.05, 0) is 43.0 Å². The van der Waals surface area contributed by atoms with E-state index in [9.17, 15) is 24.1 Å². The molecule has 0 aromatic heterocycles. The maximum absolute atomic E-state index is 13.3. The zero-order valence-electron chi connectivity index (χ0n) is 19.1. The molecule has 2 unspecified atom stereocenters. The van der Waals surface area contributed by atoms with Crippen LogP contribution in [0.3, 0.4) is 0 Å². The summed E-state index contributed by atoms with van der Waals surface area (Å²) < 4.78 is 13.3. The molecule has 0 bridgehead atoms. The van der Waals surface area contributed by atoms with Crippen molar-refractivity contribution in [2.75, 3.05) is 5.75 Å². The zero-order chi connectivity index (χ0) is 24.4. The summed E-state index contributed by atoms with van der Waals surface area (Å²) in [6.45, 7) is 5.94. The van der Waals surface area contributed by atoms with Gasteiger partial charge in [0.25, 0.3) is 5.69 Å². The highest BCUT2D eigenvalue weighted by molar-refractivity contribution is 7.99. The fraction of sp³-hybridized carbons (Fsp3) is 0.417. The predicted molar refractivity (Wildman–Crippen MR) is 128 cm³/mol. The standard InChI is InChI=1S/C24H30FN3O4S/c1-4-17(3)26-24(30)22(5-2)27(14-18-6-10-20(25)11-7-18)23(29)16-33-15-19-8-12-21(13-9-19)28(31)32/h6-13,17,22H,4-5,14-16H2,1-3H3,(H,26,30). The van der Waals surface area contributed by atoms with Crippen molar-refractivity contribution in [1.29, 1.82) is 0 Å². The second-order valence-electron chi connectivity index (χ2n) is 7.81. The molecule has 33 heavy (non-hydrogen) atoms. The van der Waals surface area contributed by atoms with Gasteiger partial charge < -0.3 is 10.2 Å². The van der Waals surface area contributed by atoms with Crippen molar-refractivity contribution < 1.29 is 18.9 Å². The third kappa shape index (κ3) is 8.16. The van der Waals surface area contributed by atoms with Crippen molar-refractivity contribution in [3.8, 4) is 0 Å². The van der Waals surface area contributed by atoms with Gasteiger partial charge in [-0.2, -0.15) is 0 Å². The third-order valence-corrected chi connectivity index (χ3v) is 6.28. The van der Waals surface area contributed by atoms with Gasteiger partial charge >= 0.3 is 0 Å². The summed E-state index contributed by atoms with van der Waals surface area (Å²) in [5.41, 5.74) is 1.62. The number of non-ortho nitro benzene ring substituents is 1. The van der Waals surface area contributed by atoms with Crippen LogP contribution in [0.4, 0.5) is 10.1 Å². The van der Waals surface area contributed by atoms with Crippen LogP contribution in [-0.4, -0.2) is 39.5 Å². The Morgan fingerprint density at radius 3 is 2.21 bits per heavy atom. The van der Waals surface area contributed by atoms with Crippen LogP contribution >= 0.6 is 11.8 Å². The van der Waals surface area contributed by atoms with Gasteiger partial charge in [-0.3, -0.25) is 19.7 Å². The highest BCUT2D eigenvalue weighted by Gasteiger charge is 2.29. The maximum atomic E-state index is 13.3. The summed E-state index contributed by atoms with van der Waals surface area (Å²) in [5, 5.41) is 13.7. The fourth-order valence-corrected chi connectivity index (χ4v) is 4.07. The molecule has 0 aliphatic heterocycles. The number of halogens is 1. The van der Waals surface area contributed by atoms with Crippen LogP contribution in [0.1, 0.15) is 44.7 Å². The van der Waals surface area contributed by atoms with Crippen LogP contribution in [0.5, 0.6) is 0 Å². The summed E-state index contributed by atoms with van der Waals surface area (Å²) >= 11 is 1.38. The van der Waals surface area contributed by atoms with Crippen LogP contribution in [0.25, 0.3) is 0 Å². The molecular formula is C24H30FN3O4S. The number of benzene rings is 2. The van der Waals surface area contributed by atoms with Gasteiger partial charge in [0.2, 0.25) is 11.8 Å². The topological polar surface area (TPSA) is 92.6 Å². The van der Waals surface area contributed by atoms with Crippen LogP contribution in [0.2, 0.25) is 0 Å². The Labute approximate surface area is 197 Å².